The average molecular weight is 405 g/mol. The second-order valence-corrected chi connectivity index (χ2v) is 8.09. The highest BCUT2D eigenvalue weighted by atomic mass is 32.2. The van der Waals surface area contributed by atoms with E-state index in [2.05, 4.69) is 15.3 Å². The molecule has 0 atom stereocenters. The van der Waals surface area contributed by atoms with Crippen molar-refractivity contribution in [2.24, 2.45) is 0 Å². The van der Waals surface area contributed by atoms with Gasteiger partial charge in [0.05, 0.1) is 11.3 Å². The maximum atomic E-state index is 12.4. The molecule has 2 aromatic carbocycles. The first-order valence-electron chi connectivity index (χ1n) is 9.63. The predicted octanol–water partition coefficient (Wildman–Crippen LogP) is 4.28. The lowest BCUT2D eigenvalue weighted by Crippen LogP contribution is -2.19. The summed E-state index contributed by atoms with van der Waals surface area (Å²) in [5, 5.41) is 4.42. The molecule has 2 aromatic heterocycles. The lowest BCUT2D eigenvalue weighted by atomic mass is 9.90. The number of fused-ring (bicyclic) bond motifs is 4. The number of hydrogen-bond donors (Lipinski definition) is 2. The van der Waals surface area contributed by atoms with Gasteiger partial charge in [0.25, 0.3) is 10.8 Å². The number of thioether (sulfide) groups is 1. The van der Waals surface area contributed by atoms with Crippen molar-refractivity contribution < 1.29 is 9.21 Å². The number of nitrogens with zero attached hydrogens (tertiary/aromatic N) is 1. The van der Waals surface area contributed by atoms with Crippen molar-refractivity contribution in [1.29, 1.82) is 0 Å². The number of amides is 1. The molecule has 5 rings (SSSR count). The molecule has 0 fully saturated rings. The Morgan fingerprint density at radius 2 is 1.97 bits per heavy atom. The third kappa shape index (κ3) is 3.53. The maximum absolute atomic E-state index is 12.4. The largest absolute Gasteiger partial charge is 0.431 e. The van der Waals surface area contributed by atoms with E-state index in [4.69, 9.17) is 4.42 Å². The minimum absolute atomic E-state index is 0.0119. The second-order valence-electron chi connectivity index (χ2n) is 7.16. The molecule has 0 radical (unpaired) electrons. The summed E-state index contributed by atoms with van der Waals surface area (Å²) in [6.45, 7) is 0. The lowest BCUT2D eigenvalue weighted by molar-refractivity contribution is -0.113. The molecule has 4 aromatic rings. The highest BCUT2D eigenvalue weighted by Crippen LogP contribution is 2.27. The quantitative estimate of drug-likeness (QED) is 0.495. The van der Waals surface area contributed by atoms with Crippen LogP contribution in [-0.2, 0) is 17.6 Å². The van der Waals surface area contributed by atoms with Crippen LogP contribution in [0.25, 0.3) is 22.0 Å². The van der Waals surface area contributed by atoms with E-state index in [1.807, 2.05) is 42.5 Å². The number of aromatic amines is 1. The van der Waals surface area contributed by atoms with Crippen LogP contribution in [0.15, 0.2) is 56.9 Å². The van der Waals surface area contributed by atoms with Crippen molar-refractivity contribution in [1.82, 2.24) is 9.97 Å². The summed E-state index contributed by atoms with van der Waals surface area (Å²) in [5.41, 5.74) is 4.96. The van der Waals surface area contributed by atoms with E-state index in [1.165, 1.54) is 11.8 Å². The van der Waals surface area contributed by atoms with Crippen molar-refractivity contribution in [2.45, 2.75) is 30.9 Å². The molecule has 0 aliphatic heterocycles. The summed E-state index contributed by atoms with van der Waals surface area (Å²) >= 11 is 1.25. The number of aromatic nitrogens is 2. The van der Waals surface area contributed by atoms with Gasteiger partial charge in [0.15, 0.2) is 5.58 Å². The number of carbonyl (C=O) groups excluding carboxylic acids is 1. The lowest BCUT2D eigenvalue weighted by Gasteiger charge is -2.17. The molecule has 1 aliphatic rings. The summed E-state index contributed by atoms with van der Waals surface area (Å²) in [7, 11) is 0. The fourth-order valence-corrected chi connectivity index (χ4v) is 4.51. The average Bonchev–Trinajstić information content (AvgIpc) is 3.15. The number of rotatable bonds is 4. The molecular weight excluding hydrogens is 386 g/mol. The summed E-state index contributed by atoms with van der Waals surface area (Å²) in [4.78, 5) is 32.1. The number of hydrogen-bond acceptors (Lipinski definition) is 5. The smallest absolute Gasteiger partial charge is 0.257 e. The van der Waals surface area contributed by atoms with Gasteiger partial charge in [-0.15, -0.1) is 0 Å². The third-order valence-electron chi connectivity index (χ3n) is 5.22. The van der Waals surface area contributed by atoms with Crippen molar-refractivity contribution in [3.63, 3.8) is 0 Å². The third-order valence-corrected chi connectivity index (χ3v) is 6.05. The Hall–Kier alpha value is -3.06. The molecular formula is C22H19N3O3S. The zero-order valence-electron chi connectivity index (χ0n) is 15.7. The second kappa shape index (κ2) is 7.40. The minimum atomic E-state index is -0.156. The number of H-pyrrole nitrogens is 1. The first-order valence-corrected chi connectivity index (χ1v) is 10.6. The molecule has 0 saturated heterocycles. The molecule has 2 heterocycles. The first kappa shape index (κ1) is 18.0. The molecule has 146 valence electrons. The number of aryl methyl sites for hydroxylation is 1. The van der Waals surface area contributed by atoms with Crippen LogP contribution in [0.3, 0.4) is 0 Å². The molecule has 2 N–H and O–H groups in total. The Balaban J connectivity index is 1.31. The number of carbonyl (C=O) groups is 1. The Morgan fingerprint density at radius 1 is 1.14 bits per heavy atom. The molecule has 0 unspecified atom stereocenters. The first-order chi connectivity index (χ1) is 14.2. The van der Waals surface area contributed by atoms with Crippen LogP contribution < -0.4 is 10.9 Å². The van der Waals surface area contributed by atoms with Gasteiger partial charge >= 0.3 is 0 Å². The van der Waals surface area contributed by atoms with Crippen molar-refractivity contribution in [3.8, 4) is 0 Å². The Morgan fingerprint density at radius 3 is 2.83 bits per heavy atom. The van der Waals surface area contributed by atoms with Crippen molar-refractivity contribution in [2.75, 3.05) is 11.1 Å². The molecule has 7 heteroatoms. The molecule has 29 heavy (non-hydrogen) atoms. The van der Waals surface area contributed by atoms with Gasteiger partial charge in [0, 0.05) is 16.6 Å². The fraction of sp³-hybridized carbons (Fsp3) is 0.227. The zero-order valence-corrected chi connectivity index (χ0v) is 16.5. The van der Waals surface area contributed by atoms with Gasteiger partial charge in [-0.25, -0.2) is 4.98 Å². The molecule has 1 aliphatic carbocycles. The van der Waals surface area contributed by atoms with E-state index in [0.717, 1.165) is 53.2 Å². The summed E-state index contributed by atoms with van der Waals surface area (Å²) in [6, 6.07) is 13.2. The van der Waals surface area contributed by atoms with Gasteiger partial charge in [0.1, 0.15) is 5.52 Å². The van der Waals surface area contributed by atoms with E-state index in [1.54, 1.807) is 0 Å². The van der Waals surface area contributed by atoms with Gasteiger partial charge < -0.3 is 14.7 Å². The van der Waals surface area contributed by atoms with Crippen LogP contribution >= 0.6 is 11.8 Å². The molecule has 0 saturated carbocycles. The van der Waals surface area contributed by atoms with Crippen LogP contribution in [-0.4, -0.2) is 21.6 Å². The Labute approximate surface area is 170 Å². The van der Waals surface area contributed by atoms with Crippen LogP contribution in [0.2, 0.25) is 0 Å². The molecule has 6 nitrogen and oxygen atoms in total. The van der Waals surface area contributed by atoms with E-state index in [9.17, 15) is 9.59 Å². The fourth-order valence-electron chi connectivity index (χ4n) is 3.88. The minimum Gasteiger partial charge on any atom is -0.431 e. The van der Waals surface area contributed by atoms with Crippen LogP contribution in [0.4, 0.5) is 5.69 Å². The van der Waals surface area contributed by atoms with Gasteiger partial charge in [-0.2, -0.15) is 0 Å². The monoisotopic (exact) mass is 405 g/mol. The molecule has 0 bridgehead atoms. The number of benzene rings is 2. The van der Waals surface area contributed by atoms with E-state index in [-0.39, 0.29) is 17.2 Å². The predicted molar refractivity (Wildman–Crippen MR) is 115 cm³/mol. The number of pyridine rings is 1. The van der Waals surface area contributed by atoms with Gasteiger partial charge in [0.2, 0.25) is 5.91 Å². The van der Waals surface area contributed by atoms with E-state index >= 15 is 0 Å². The van der Waals surface area contributed by atoms with Crippen LogP contribution in [0.5, 0.6) is 0 Å². The topological polar surface area (TPSA) is 88.0 Å². The van der Waals surface area contributed by atoms with Crippen LogP contribution in [0, 0.1) is 0 Å². The highest BCUT2D eigenvalue weighted by molar-refractivity contribution is 7.99. The summed E-state index contributed by atoms with van der Waals surface area (Å²) in [6.07, 6.45) is 3.94. The molecule has 1 amide bonds. The van der Waals surface area contributed by atoms with Crippen molar-refractivity contribution >= 4 is 45.4 Å². The summed E-state index contributed by atoms with van der Waals surface area (Å²) in [5.74, 6) is 0.0304. The standard InChI is InChI=1S/C22H19N3O3S/c26-20(12-29-22-25-17-7-3-4-8-19(17)28-22)23-13-9-10-15-14-5-1-2-6-16(14)21(27)24-18(15)11-13/h3-4,7-11H,1-2,5-6,12H2,(H,23,26)(H,24,27). The highest BCUT2D eigenvalue weighted by Gasteiger charge is 2.17. The Bertz CT molecular complexity index is 1260. The number of nitrogens with one attached hydrogen (secondary N) is 2. The normalized spacial score (nSPS) is 13.5. The van der Waals surface area contributed by atoms with E-state index < -0.39 is 0 Å². The van der Waals surface area contributed by atoms with Crippen LogP contribution in [0.1, 0.15) is 24.0 Å². The zero-order chi connectivity index (χ0) is 19.8. The summed E-state index contributed by atoms with van der Waals surface area (Å²) < 4.78 is 5.62. The molecule has 0 spiro atoms. The van der Waals surface area contributed by atoms with Gasteiger partial charge in [-0.1, -0.05) is 30.0 Å². The van der Waals surface area contributed by atoms with Gasteiger partial charge in [-0.05, 0) is 55.5 Å². The van der Waals surface area contributed by atoms with Crippen molar-refractivity contribution in [3.05, 3.63) is 63.9 Å². The maximum Gasteiger partial charge on any atom is 0.257 e. The SMILES string of the molecule is O=C(CSc1nc2ccccc2o1)Nc1ccc2c3c(c(=O)[nH]c2c1)CCCC3. The number of anilines is 1. The van der Waals surface area contributed by atoms with E-state index in [0.29, 0.717) is 16.5 Å². The Kier molecular flexibility index (Phi) is 4.60. The number of para-hydroxylation sites is 2. The number of oxazole rings is 1. The van der Waals surface area contributed by atoms with Gasteiger partial charge in [-0.3, -0.25) is 9.59 Å².